The van der Waals surface area contributed by atoms with Crippen molar-refractivity contribution >= 4 is 12.4 Å². The number of unbranched alkanes of at least 4 members (excludes halogenated alkanes) is 2. The van der Waals surface area contributed by atoms with E-state index in [-0.39, 0.29) is 12.4 Å². The minimum Gasteiger partial charge on any atom is -0.314 e. The van der Waals surface area contributed by atoms with E-state index in [1.54, 1.807) is 0 Å². The van der Waals surface area contributed by atoms with E-state index in [1.807, 2.05) is 0 Å². The Morgan fingerprint density at radius 2 is 2.19 bits per heavy atom. The molecule has 1 unspecified atom stereocenters. The molecule has 1 rings (SSSR count). The van der Waals surface area contributed by atoms with Gasteiger partial charge in [-0.3, -0.25) is 0 Å². The van der Waals surface area contributed by atoms with Crippen LogP contribution in [0.1, 0.15) is 45.4 Å². The van der Waals surface area contributed by atoms with Crippen molar-refractivity contribution in [1.29, 1.82) is 0 Å². The van der Waals surface area contributed by atoms with Gasteiger partial charge in [0.1, 0.15) is 0 Å². The van der Waals surface area contributed by atoms with Gasteiger partial charge in [0.2, 0.25) is 0 Å². The molecule has 1 heterocycles. The van der Waals surface area contributed by atoms with Gasteiger partial charge in [-0.2, -0.15) is 5.21 Å². The van der Waals surface area contributed by atoms with E-state index in [1.165, 1.54) is 25.7 Å². The number of nitrogens with one attached hydrogen (secondary N) is 2. The summed E-state index contributed by atoms with van der Waals surface area (Å²) < 4.78 is 0. The van der Waals surface area contributed by atoms with Gasteiger partial charge >= 0.3 is 0 Å². The molecule has 0 aromatic carbocycles. The Morgan fingerprint density at radius 1 is 1.38 bits per heavy atom. The van der Waals surface area contributed by atoms with Crippen LogP contribution in [-0.2, 0) is 6.42 Å². The lowest BCUT2D eigenvalue weighted by molar-refractivity contribution is 0.488. The van der Waals surface area contributed by atoms with E-state index >= 15 is 0 Å². The number of H-pyrrole nitrogens is 1. The molecule has 1 aromatic rings. The van der Waals surface area contributed by atoms with Crippen LogP contribution >= 0.6 is 12.4 Å². The molecular weight excluding hydrogens is 226 g/mol. The number of aromatic nitrogens is 4. The predicted molar refractivity (Wildman–Crippen MR) is 66.7 cm³/mol. The molecule has 16 heavy (non-hydrogen) atoms. The average Bonchev–Trinajstić information content (AvgIpc) is 2.71. The van der Waals surface area contributed by atoms with Crippen LogP contribution in [0.2, 0.25) is 0 Å². The largest absolute Gasteiger partial charge is 0.314 e. The first-order valence-corrected chi connectivity index (χ1v) is 5.78. The molecule has 0 aliphatic rings. The smallest absolute Gasteiger partial charge is 0.175 e. The summed E-state index contributed by atoms with van der Waals surface area (Å²) in [6, 6.07) is 0.587. The number of aromatic amines is 1. The first-order valence-electron chi connectivity index (χ1n) is 5.78. The van der Waals surface area contributed by atoms with Crippen LogP contribution < -0.4 is 5.32 Å². The molecule has 0 saturated carbocycles. The fourth-order valence-electron chi connectivity index (χ4n) is 1.52. The minimum absolute atomic E-state index is 0. The van der Waals surface area contributed by atoms with Crippen LogP contribution in [0.5, 0.6) is 0 Å². The van der Waals surface area contributed by atoms with E-state index in [9.17, 15) is 0 Å². The van der Waals surface area contributed by atoms with Crippen molar-refractivity contribution in [2.75, 3.05) is 6.54 Å². The summed E-state index contributed by atoms with van der Waals surface area (Å²) in [5.74, 6) is 0.781. The van der Waals surface area contributed by atoms with Crippen molar-refractivity contribution in [2.24, 2.45) is 0 Å². The van der Waals surface area contributed by atoms with Crippen LogP contribution in [0.4, 0.5) is 0 Å². The highest BCUT2D eigenvalue weighted by Gasteiger charge is 2.02. The third-order valence-corrected chi connectivity index (χ3v) is 2.47. The number of rotatable bonds is 8. The van der Waals surface area contributed by atoms with Gasteiger partial charge < -0.3 is 5.32 Å². The van der Waals surface area contributed by atoms with E-state index < -0.39 is 0 Å². The summed E-state index contributed by atoms with van der Waals surface area (Å²) in [4.78, 5) is 0. The molecule has 0 aliphatic carbocycles. The Hall–Kier alpha value is -0.680. The molecule has 0 amide bonds. The average molecular weight is 248 g/mol. The monoisotopic (exact) mass is 247 g/mol. The van der Waals surface area contributed by atoms with Gasteiger partial charge in [0.15, 0.2) is 5.82 Å². The maximum absolute atomic E-state index is 3.90. The minimum atomic E-state index is 0. The Morgan fingerprint density at radius 3 is 2.81 bits per heavy atom. The fourth-order valence-corrected chi connectivity index (χ4v) is 1.52. The van der Waals surface area contributed by atoms with Gasteiger partial charge in [-0.25, -0.2) is 0 Å². The molecule has 0 aliphatic heterocycles. The summed E-state index contributed by atoms with van der Waals surface area (Å²) in [5.41, 5.74) is 0. The van der Waals surface area contributed by atoms with Crippen molar-refractivity contribution < 1.29 is 0 Å². The highest BCUT2D eigenvalue weighted by Crippen LogP contribution is 2.02. The summed E-state index contributed by atoms with van der Waals surface area (Å²) >= 11 is 0. The zero-order valence-corrected chi connectivity index (χ0v) is 10.9. The lowest BCUT2D eigenvalue weighted by Gasteiger charge is -2.12. The lowest BCUT2D eigenvalue weighted by atomic mass is 10.1. The molecule has 0 bridgehead atoms. The maximum Gasteiger partial charge on any atom is 0.175 e. The molecule has 0 radical (unpaired) electrons. The zero-order chi connectivity index (χ0) is 10.9. The first-order chi connectivity index (χ1) is 7.33. The molecular formula is C10H22ClN5. The van der Waals surface area contributed by atoms with Gasteiger partial charge in [-0.15, -0.1) is 22.6 Å². The lowest BCUT2D eigenvalue weighted by Crippen LogP contribution is -2.28. The van der Waals surface area contributed by atoms with Crippen LogP contribution in [-0.4, -0.2) is 33.2 Å². The number of tetrazole rings is 1. The van der Waals surface area contributed by atoms with Crippen LogP contribution in [0.15, 0.2) is 0 Å². The van der Waals surface area contributed by atoms with E-state index in [2.05, 4.69) is 39.8 Å². The van der Waals surface area contributed by atoms with Gasteiger partial charge in [0, 0.05) is 19.0 Å². The van der Waals surface area contributed by atoms with Crippen LogP contribution in [0.25, 0.3) is 0 Å². The van der Waals surface area contributed by atoms with Crippen molar-refractivity contribution in [3.63, 3.8) is 0 Å². The second kappa shape index (κ2) is 9.54. The highest BCUT2D eigenvalue weighted by atomic mass is 35.5. The topological polar surface area (TPSA) is 66.5 Å². The molecule has 2 N–H and O–H groups in total. The van der Waals surface area contributed by atoms with Crippen molar-refractivity contribution in [1.82, 2.24) is 25.9 Å². The third kappa shape index (κ3) is 6.74. The number of hydrogen-bond acceptors (Lipinski definition) is 4. The van der Waals surface area contributed by atoms with Gasteiger partial charge in [0.05, 0.1) is 0 Å². The van der Waals surface area contributed by atoms with Gasteiger partial charge in [-0.05, 0) is 13.3 Å². The predicted octanol–water partition coefficient (Wildman–Crippen LogP) is 1.72. The van der Waals surface area contributed by atoms with Gasteiger partial charge in [-0.1, -0.05) is 31.4 Å². The summed E-state index contributed by atoms with van der Waals surface area (Å²) in [6.07, 6.45) is 6.02. The normalized spacial score (nSPS) is 12.1. The first kappa shape index (κ1) is 15.3. The second-order valence-corrected chi connectivity index (χ2v) is 3.93. The van der Waals surface area contributed by atoms with E-state index in [0.717, 1.165) is 18.8 Å². The van der Waals surface area contributed by atoms with Crippen LogP contribution in [0, 0.1) is 0 Å². The standard InChI is InChI=1S/C10H21N5.ClH/c1-3-4-5-6-9(2)11-8-7-10-12-14-15-13-10;/h9,11H,3-8H2,1-2H3,(H,12,13,14,15);1H. The molecule has 1 aromatic heterocycles. The van der Waals surface area contributed by atoms with E-state index in [0.29, 0.717) is 6.04 Å². The quantitative estimate of drug-likeness (QED) is 0.687. The maximum atomic E-state index is 3.90. The van der Waals surface area contributed by atoms with Crippen molar-refractivity contribution in [2.45, 2.75) is 52.0 Å². The van der Waals surface area contributed by atoms with Crippen LogP contribution in [0.3, 0.4) is 0 Å². The number of halogens is 1. The molecule has 0 spiro atoms. The summed E-state index contributed by atoms with van der Waals surface area (Å²) in [7, 11) is 0. The van der Waals surface area contributed by atoms with Gasteiger partial charge in [0.25, 0.3) is 0 Å². The Kier molecular flexibility index (Phi) is 9.13. The second-order valence-electron chi connectivity index (χ2n) is 3.93. The van der Waals surface area contributed by atoms with Crippen molar-refractivity contribution in [3.05, 3.63) is 5.82 Å². The zero-order valence-electron chi connectivity index (χ0n) is 10.1. The SMILES string of the molecule is CCCCCC(C)NCCc1nn[nH]n1.Cl. The summed E-state index contributed by atoms with van der Waals surface area (Å²) in [6.45, 7) is 5.38. The summed E-state index contributed by atoms with van der Waals surface area (Å²) in [5, 5.41) is 17.2. The van der Waals surface area contributed by atoms with E-state index in [4.69, 9.17) is 0 Å². The Balaban J connectivity index is 0.00000225. The number of nitrogens with zero attached hydrogens (tertiary/aromatic N) is 3. The molecule has 0 saturated heterocycles. The Labute approximate surface area is 103 Å². The molecule has 6 heteroatoms. The van der Waals surface area contributed by atoms with Crippen molar-refractivity contribution in [3.8, 4) is 0 Å². The highest BCUT2D eigenvalue weighted by molar-refractivity contribution is 5.85. The molecule has 0 fully saturated rings. The molecule has 1 atom stereocenters. The number of hydrogen-bond donors (Lipinski definition) is 2. The molecule has 5 nitrogen and oxygen atoms in total. The fraction of sp³-hybridized carbons (Fsp3) is 0.900. The Bertz CT molecular complexity index is 239. The third-order valence-electron chi connectivity index (χ3n) is 2.47. The molecule has 94 valence electrons.